The van der Waals surface area contributed by atoms with Gasteiger partial charge in [0.1, 0.15) is 6.04 Å². The number of hydrogen-bond donors (Lipinski definition) is 2. The molecule has 0 aliphatic carbocycles. The van der Waals surface area contributed by atoms with Crippen molar-refractivity contribution in [2.45, 2.75) is 31.8 Å². The molecule has 1 aliphatic heterocycles. The van der Waals surface area contributed by atoms with Crippen LogP contribution in [0.4, 0.5) is 0 Å². The van der Waals surface area contributed by atoms with Crippen molar-refractivity contribution in [3.05, 3.63) is 0 Å². The molecule has 1 aliphatic rings. The molecule has 0 unspecified atom stereocenters. The number of nitrogens with one attached hydrogen (secondary N) is 1. The van der Waals surface area contributed by atoms with Crippen molar-refractivity contribution >= 4 is 5.91 Å². The Labute approximate surface area is 77.0 Å². The molecule has 3 atom stereocenters. The summed E-state index contributed by atoms with van der Waals surface area (Å²) in [7, 11) is 1.48. The van der Waals surface area contributed by atoms with Crippen LogP contribution in [0.3, 0.4) is 0 Å². The van der Waals surface area contributed by atoms with Crippen LogP contribution >= 0.6 is 0 Å². The molecular weight excluding hydrogens is 174 g/mol. The summed E-state index contributed by atoms with van der Waals surface area (Å²) in [5.74, 6) is -0.198. The Hall–Kier alpha value is -0.650. The first-order chi connectivity index (χ1) is 6.15. The lowest BCUT2D eigenvalue weighted by atomic mass is 10.1. The van der Waals surface area contributed by atoms with Crippen LogP contribution in [0.15, 0.2) is 0 Å². The molecule has 1 amide bonds. The molecule has 76 valence electrons. The van der Waals surface area contributed by atoms with Gasteiger partial charge in [0.05, 0.1) is 12.7 Å². The number of amides is 1. The Bertz CT molecular complexity index is 185. The molecular formula is C8H15NO4. The average molecular weight is 189 g/mol. The summed E-state index contributed by atoms with van der Waals surface area (Å²) in [6.45, 7) is 1.85. The van der Waals surface area contributed by atoms with Crippen molar-refractivity contribution in [3.63, 3.8) is 0 Å². The molecule has 1 rings (SSSR count). The van der Waals surface area contributed by atoms with Crippen LogP contribution in [0.25, 0.3) is 0 Å². The van der Waals surface area contributed by atoms with Gasteiger partial charge in [0.25, 0.3) is 0 Å². The number of methoxy groups -OCH3 is 1. The van der Waals surface area contributed by atoms with Gasteiger partial charge in [-0.25, -0.2) is 0 Å². The summed E-state index contributed by atoms with van der Waals surface area (Å²) in [5, 5.41) is 12.1. The number of carbonyl (C=O) groups excluding carboxylic acids is 1. The van der Waals surface area contributed by atoms with Gasteiger partial charge in [-0.15, -0.1) is 0 Å². The van der Waals surface area contributed by atoms with Gasteiger partial charge in [0, 0.05) is 14.0 Å². The largest absolute Gasteiger partial charge is 0.391 e. The fourth-order valence-corrected chi connectivity index (χ4v) is 1.38. The Morgan fingerprint density at radius 2 is 2.38 bits per heavy atom. The fraction of sp³-hybridized carbons (Fsp3) is 0.875. The molecule has 0 saturated carbocycles. The van der Waals surface area contributed by atoms with Crippen LogP contribution in [0.5, 0.6) is 0 Å². The molecule has 0 bridgehead atoms. The molecule has 1 heterocycles. The van der Waals surface area contributed by atoms with Crippen LogP contribution < -0.4 is 5.32 Å². The summed E-state index contributed by atoms with van der Waals surface area (Å²) in [4.78, 5) is 10.8. The SMILES string of the molecule is CO[C@@H]1OCC[C@H](O)[C@H]1NC(C)=O. The van der Waals surface area contributed by atoms with Crippen molar-refractivity contribution in [3.8, 4) is 0 Å². The number of aliphatic hydroxyl groups is 1. The van der Waals surface area contributed by atoms with E-state index in [9.17, 15) is 9.90 Å². The Morgan fingerprint density at radius 1 is 1.69 bits per heavy atom. The first-order valence-electron chi connectivity index (χ1n) is 4.24. The zero-order valence-corrected chi connectivity index (χ0v) is 7.82. The predicted molar refractivity (Wildman–Crippen MR) is 45.0 cm³/mol. The zero-order valence-electron chi connectivity index (χ0n) is 7.82. The second-order valence-electron chi connectivity index (χ2n) is 3.06. The first-order valence-corrected chi connectivity index (χ1v) is 4.24. The van der Waals surface area contributed by atoms with Gasteiger partial charge in [0.15, 0.2) is 6.29 Å². The Balaban J connectivity index is 2.56. The highest BCUT2D eigenvalue weighted by Gasteiger charge is 2.33. The van der Waals surface area contributed by atoms with Gasteiger partial charge >= 0.3 is 0 Å². The number of carbonyl (C=O) groups is 1. The Morgan fingerprint density at radius 3 is 2.92 bits per heavy atom. The minimum Gasteiger partial charge on any atom is -0.391 e. The van der Waals surface area contributed by atoms with Gasteiger partial charge in [-0.2, -0.15) is 0 Å². The van der Waals surface area contributed by atoms with Crippen LogP contribution in [-0.4, -0.2) is 43.2 Å². The minimum absolute atomic E-state index is 0.198. The maximum Gasteiger partial charge on any atom is 0.217 e. The molecule has 0 aromatic heterocycles. The van der Waals surface area contributed by atoms with Crippen LogP contribution in [0.1, 0.15) is 13.3 Å². The van der Waals surface area contributed by atoms with Crippen molar-refractivity contribution in [1.29, 1.82) is 0 Å². The van der Waals surface area contributed by atoms with E-state index in [2.05, 4.69) is 5.32 Å². The number of hydrogen-bond acceptors (Lipinski definition) is 4. The molecule has 0 aromatic carbocycles. The van der Waals surface area contributed by atoms with E-state index in [0.29, 0.717) is 13.0 Å². The van der Waals surface area contributed by atoms with Gasteiger partial charge in [-0.3, -0.25) is 4.79 Å². The summed E-state index contributed by atoms with van der Waals surface area (Å²) < 4.78 is 10.2. The normalized spacial score (nSPS) is 34.2. The number of ether oxygens (including phenoxy) is 2. The molecule has 0 spiro atoms. The molecule has 5 nitrogen and oxygen atoms in total. The van der Waals surface area contributed by atoms with E-state index in [1.165, 1.54) is 14.0 Å². The zero-order chi connectivity index (χ0) is 9.84. The smallest absolute Gasteiger partial charge is 0.217 e. The second kappa shape index (κ2) is 4.55. The lowest BCUT2D eigenvalue weighted by molar-refractivity contribution is -0.191. The molecule has 0 aromatic rings. The highest BCUT2D eigenvalue weighted by molar-refractivity contribution is 5.73. The van der Waals surface area contributed by atoms with E-state index in [1.807, 2.05) is 0 Å². The van der Waals surface area contributed by atoms with Crippen molar-refractivity contribution in [2.75, 3.05) is 13.7 Å². The minimum atomic E-state index is -0.595. The van der Waals surface area contributed by atoms with Crippen LogP contribution in [0.2, 0.25) is 0 Å². The molecule has 1 fully saturated rings. The van der Waals surface area contributed by atoms with Gasteiger partial charge in [0.2, 0.25) is 5.91 Å². The van der Waals surface area contributed by atoms with Crippen LogP contribution in [-0.2, 0) is 14.3 Å². The highest BCUT2D eigenvalue weighted by Crippen LogP contribution is 2.15. The number of aliphatic hydroxyl groups excluding tert-OH is 1. The third kappa shape index (κ3) is 2.65. The van der Waals surface area contributed by atoms with Gasteiger partial charge in [-0.05, 0) is 6.42 Å². The van der Waals surface area contributed by atoms with E-state index in [-0.39, 0.29) is 5.91 Å². The summed E-state index contributed by atoms with van der Waals surface area (Å²) >= 11 is 0. The monoisotopic (exact) mass is 189 g/mol. The third-order valence-electron chi connectivity index (χ3n) is 2.01. The van der Waals surface area contributed by atoms with Crippen molar-refractivity contribution in [1.82, 2.24) is 5.32 Å². The maximum absolute atomic E-state index is 10.8. The quantitative estimate of drug-likeness (QED) is 0.599. The molecule has 2 N–H and O–H groups in total. The van der Waals surface area contributed by atoms with E-state index in [0.717, 1.165) is 0 Å². The lowest BCUT2D eigenvalue weighted by Crippen LogP contribution is -2.55. The maximum atomic E-state index is 10.8. The van der Waals surface area contributed by atoms with Crippen molar-refractivity contribution < 1.29 is 19.4 Å². The summed E-state index contributed by atoms with van der Waals surface area (Å²) in [5.41, 5.74) is 0. The number of rotatable bonds is 2. The van der Waals surface area contributed by atoms with Gasteiger partial charge in [-0.1, -0.05) is 0 Å². The first kappa shape index (κ1) is 10.4. The van der Waals surface area contributed by atoms with E-state index < -0.39 is 18.4 Å². The highest BCUT2D eigenvalue weighted by atomic mass is 16.7. The fourth-order valence-electron chi connectivity index (χ4n) is 1.38. The van der Waals surface area contributed by atoms with E-state index >= 15 is 0 Å². The Kier molecular flexibility index (Phi) is 3.65. The summed E-state index contributed by atoms with van der Waals surface area (Å²) in [6.07, 6.45) is -0.625. The average Bonchev–Trinajstić information content (AvgIpc) is 2.08. The van der Waals surface area contributed by atoms with Crippen LogP contribution in [0, 0.1) is 0 Å². The summed E-state index contributed by atoms with van der Waals surface area (Å²) in [6, 6.07) is -0.462. The van der Waals surface area contributed by atoms with Crippen molar-refractivity contribution in [2.24, 2.45) is 0 Å². The molecule has 13 heavy (non-hydrogen) atoms. The van der Waals surface area contributed by atoms with E-state index in [1.54, 1.807) is 0 Å². The van der Waals surface area contributed by atoms with Gasteiger partial charge < -0.3 is 19.9 Å². The standard InChI is InChI=1S/C8H15NO4/c1-5(10)9-7-6(11)3-4-13-8(7)12-2/h6-8,11H,3-4H2,1-2H3,(H,9,10)/t6-,7+,8+/m0/s1. The predicted octanol–water partition coefficient (Wildman–Crippen LogP) is -0.755. The lowest BCUT2D eigenvalue weighted by Gasteiger charge is -2.34. The molecule has 1 saturated heterocycles. The second-order valence-corrected chi connectivity index (χ2v) is 3.06. The van der Waals surface area contributed by atoms with E-state index in [4.69, 9.17) is 9.47 Å². The molecule has 5 heteroatoms. The molecule has 0 radical (unpaired) electrons. The topological polar surface area (TPSA) is 67.8 Å². The third-order valence-corrected chi connectivity index (χ3v) is 2.01.